The number of aryl methyl sites for hydroxylation is 1. The summed E-state index contributed by atoms with van der Waals surface area (Å²) in [5, 5.41) is 6.88. The molecular formula is C16H16FIN2. The molecule has 104 valence electrons. The summed E-state index contributed by atoms with van der Waals surface area (Å²) in [5.41, 5.74) is 4.90. The highest BCUT2D eigenvalue weighted by molar-refractivity contribution is 14.1. The Morgan fingerprint density at radius 1 is 1.25 bits per heavy atom. The lowest BCUT2D eigenvalue weighted by molar-refractivity contribution is 0.627. The van der Waals surface area contributed by atoms with Crippen molar-refractivity contribution in [1.29, 1.82) is 0 Å². The van der Waals surface area contributed by atoms with Crippen LogP contribution in [0.4, 0.5) is 15.8 Å². The van der Waals surface area contributed by atoms with Crippen LogP contribution in [0.15, 0.2) is 36.4 Å². The minimum absolute atomic E-state index is 0.196. The first-order chi connectivity index (χ1) is 9.74. The van der Waals surface area contributed by atoms with Crippen molar-refractivity contribution in [1.82, 2.24) is 0 Å². The van der Waals surface area contributed by atoms with Gasteiger partial charge in [-0.1, -0.05) is 18.2 Å². The normalized spacial score (nSPS) is 13.5. The van der Waals surface area contributed by atoms with E-state index in [0.29, 0.717) is 0 Å². The predicted molar refractivity (Wildman–Crippen MR) is 89.7 cm³/mol. The van der Waals surface area contributed by atoms with E-state index in [9.17, 15) is 4.39 Å². The summed E-state index contributed by atoms with van der Waals surface area (Å²) in [5.74, 6) is -0.196. The van der Waals surface area contributed by atoms with Gasteiger partial charge in [-0.05, 0) is 64.8 Å². The number of fused-ring (bicyclic) bond motifs is 1. The highest BCUT2D eigenvalue weighted by Crippen LogP contribution is 2.27. The second-order valence-electron chi connectivity index (χ2n) is 4.96. The van der Waals surface area contributed by atoms with E-state index in [2.05, 4.69) is 51.4 Å². The second kappa shape index (κ2) is 5.99. The Bertz CT molecular complexity index is 628. The van der Waals surface area contributed by atoms with Gasteiger partial charge in [-0.25, -0.2) is 4.39 Å². The van der Waals surface area contributed by atoms with Gasteiger partial charge in [0, 0.05) is 28.0 Å². The molecule has 0 aliphatic carbocycles. The van der Waals surface area contributed by atoms with Gasteiger partial charge >= 0.3 is 0 Å². The van der Waals surface area contributed by atoms with E-state index in [-0.39, 0.29) is 5.82 Å². The molecule has 0 aromatic heterocycles. The van der Waals surface area contributed by atoms with Crippen LogP contribution in [0.5, 0.6) is 0 Å². The monoisotopic (exact) mass is 382 g/mol. The summed E-state index contributed by atoms with van der Waals surface area (Å²) < 4.78 is 14.0. The molecule has 1 aliphatic rings. The average Bonchev–Trinajstić information content (AvgIpc) is 2.46. The number of anilines is 2. The van der Waals surface area contributed by atoms with Crippen molar-refractivity contribution >= 4 is 34.0 Å². The lowest BCUT2D eigenvalue weighted by atomic mass is 9.99. The maximum absolute atomic E-state index is 13.1. The largest absolute Gasteiger partial charge is 0.385 e. The van der Waals surface area contributed by atoms with E-state index in [1.807, 2.05) is 0 Å². The predicted octanol–water partition coefficient (Wildman–Crippen LogP) is 4.40. The SMILES string of the molecule is Fc1ccc(NCc2cccc3c2NCCC3)c(I)c1. The third-order valence-electron chi connectivity index (χ3n) is 3.56. The first-order valence-electron chi connectivity index (χ1n) is 6.77. The lowest BCUT2D eigenvalue weighted by Crippen LogP contribution is -2.15. The summed E-state index contributed by atoms with van der Waals surface area (Å²) in [7, 11) is 0. The molecule has 0 saturated carbocycles. The Morgan fingerprint density at radius 2 is 2.15 bits per heavy atom. The fourth-order valence-corrected chi connectivity index (χ4v) is 3.22. The summed E-state index contributed by atoms with van der Waals surface area (Å²) >= 11 is 2.15. The van der Waals surface area contributed by atoms with Crippen LogP contribution in [-0.4, -0.2) is 6.54 Å². The molecule has 0 amide bonds. The minimum atomic E-state index is -0.196. The van der Waals surface area contributed by atoms with E-state index in [1.165, 1.54) is 29.3 Å². The third-order valence-corrected chi connectivity index (χ3v) is 4.45. The van der Waals surface area contributed by atoms with Gasteiger partial charge in [0.05, 0.1) is 0 Å². The molecule has 0 atom stereocenters. The smallest absolute Gasteiger partial charge is 0.124 e. The Balaban J connectivity index is 1.78. The fraction of sp³-hybridized carbons (Fsp3) is 0.250. The summed E-state index contributed by atoms with van der Waals surface area (Å²) in [6, 6.07) is 11.3. The number of para-hydroxylation sites is 1. The first-order valence-corrected chi connectivity index (χ1v) is 7.85. The van der Waals surface area contributed by atoms with E-state index >= 15 is 0 Å². The maximum atomic E-state index is 13.1. The molecule has 0 bridgehead atoms. The van der Waals surface area contributed by atoms with Gasteiger partial charge in [0.1, 0.15) is 5.82 Å². The molecule has 0 saturated heterocycles. The Morgan fingerprint density at radius 3 is 3.00 bits per heavy atom. The molecule has 0 radical (unpaired) electrons. The van der Waals surface area contributed by atoms with E-state index in [4.69, 9.17) is 0 Å². The highest BCUT2D eigenvalue weighted by Gasteiger charge is 2.12. The van der Waals surface area contributed by atoms with Crippen LogP contribution in [0.1, 0.15) is 17.5 Å². The number of rotatable bonds is 3. The molecule has 1 aliphatic heterocycles. The van der Waals surface area contributed by atoms with Gasteiger partial charge in [-0.2, -0.15) is 0 Å². The van der Waals surface area contributed by atoms with Crippen LogP contribution in [0.2, 0.25) is 0 Å². The molecule has 0 spiro atoms. The Labute approximate surface area is 131 Å². The van der Waals surface area contributed by atoms with Crippen molar-refractivity contribution < 1.29 is 4.39 Å². The van der Waals surface area contributed by atoms with Crippen LogP contribution in [-0.2, 0) is 13.0 Å². The van der Waals surface area contributed by atoms with Crippen LogP contribution in [0.3, 0.4) is 0 Å². The zero-order valence-electron chi connectivity index (χ0n) is 11.0. The molecular weight excluding hydrogens is 366 g/mol. The summed E-state index contributed by atoms with van der Waals surface area (Å²) in [6.07, 6.45) is 2.34. The lowest BCUT2D eigenvalue weighted by Gasteiger charge is -2.21. The zero-order chi connectivity index (χ0) is 13.9. The van der Waals surface area contributed by atoms with Gasteiger partial charge in [0.2, 0.25) is 0 Å². The van der Waals surface area contributed by atoms with Crippen molar-refractivity contribution in [2.75, 3.05) is 17.2 Å². The number of nitrogens with one attached hydrogen (secondary N) is 2. The van der Waals surface area contributed by atoms with E-state index in [1.54, 1.807) is 12.1 Å². The highest BCUT2D eigenvalue weighted by atomic mass is 127. The van der Waals surface area contributed by atoms with Gasteiger partial charge in [0.15, 0.2) is 0 Å². The maximum Gasteiger partial charge on any atom is 0.124 e. The molecule has 0 fully saturated rings. The van der Waals surface area contributed by atoms with Crippen LogP contribution >= 0.6 is 22.6 Å². The molecule has 4 heteroatoms. The molecule has 2 aromatic rings. The topological polar surface area (TPSA) is 24.1 Å². The first kappa shape index (κ1) is 13.7. The van der Waals surface area contributed by atoms with E-state index < -0.39 is 0 Å². The van der Waals surface area contributed by atoms with Crippen molar-refractivity contribution in [3.05, 3.63) is 56.9 Å². The van der Waals surface area contributed by atoms with Gasteiger partial charge in [-0.15, -0.1) is 0 Å². The van der Waals surface area contributed by atoms with Crippen LogP contribution in [0.25, 0.3) is 0 Å². The molecule has 0 unspecified atom stereocenters. The summed E-state index contributed by atoms with van der Waals surface area (Å²) in [6.45, 7) is 1.79. The second-order valence-corrected chi connectivity index (χ2v) is 6.12. The van der Waals surface area contributed by atoms with Gasteiger partial charge in [0.25, 0.3) is 0 Å². The van der Waals surface area contributed by atoms with Gasteiger partial charge in [-0.3, -0.25) is 0 Å². The number of hydrogen-bond donors (Lipinski definition) is 2. The number of halogens is 2. The third kappa shape index (κ3) is 2.90. The quantitative estimate of drug-likeness (QED) is 0.769. The molecule has 2 nitrogen and oxygen atoms in total. The molecule has 1 heterocycles. The molecule has 2 aromatic carbocycles. The minimum Gasteiger partial charge on any atom is -0.385 e. The number of benzene rings is 2. The number of hydrogen-bond acceptors (Lipinski definition) is 2. The van der Waals surface area contributed by atoms with Crippen LogP contribution in [0, 0.1) is 9.39 Å². The van der Waals surface area contributed by atoms with Gasteiger partial charge < -0.3 is 10.6 Å². The van der Waals surface area contributed by atoms with E-state index in [0.717, 1.165) is 28.8 Å². The molecule has 20 heavy (non-hydrogen) atoms. The Hall–Kier alpha value is -1.30. The summed E-state index contributed by atoms with van der Waals surface area (Å²) in [4.78, 5) is 0. The zero-order valence-corrected chi connectivity index (χ0v) is 13.2. The Kier molecular flexibility index (Phi) is 4.10. The average molecular weight is 382 g/mol. The van der Waals surface area contributed by atoms with Crippen molar-refractivity contribution in [2.45, 2.75) is 19.4 Å². The fourth-order valence-electron chi connectivity index (χ4n) is 2.55. The van der Waals surface area contributed by atoms with Crippen molar-refractivity contribution in [3.63, 3.8) is 0 Å². The van der Waals surface area contributed by atoms with Crippen molar-refractivity contribution in [2.24, 2.45) is 0 Å². The molecule has 2 N–H and O–H groups in total. The van der Waals surface area contributed by atoms with Crippen LogP contribution < -0.4 is 10.6 Å². The van der Waals surface area contributed by atoms with Crippen molar-refractivity contribution in [3.8, 4) is 0 Å². The molecule has 3 rings (SSSR count). The standard InChI is InChI=1S/C16H16FIN2/c17-13-6-7-15(14(18)9-13)20-10-12-4-1-3-11-5-2-8-19-16(11)12/h1,3-4,6-7,9,19-20H,2,5,8,10H2.